The molecule has 3 rings (SSSR count). The van der Waals surface area contributed by atoms with Crippen LogP contribution in [0.2, 0.25) is 0 Å². The van der Waals surface area contributed by atoms with Crippen LogP contribution in [-0.4, -0.2) is 79.8 Å². The summed E-state index contributed by atoms with van der Waals surface area (Å²) < 4.78 is 27.2. The van der Waals surface area contributed by atoms with Gasteiger partial charge in [-0.3, -0.25) is 9.59 Å². The Labute approximate surface area is 189 Å². The molecule has 2 aromatic rings. The molecule has 1 aliphatic heterocycles. The molecule has 1 atom stereocenters. The fraction of sp³-hybridized carbons (Fsp3) is 0.391. The van der Waals surface area contributed by atoms with Crippen molar-refractivity contribution in [3.8, 4) is 0 Å². The fourth-order valence-electron chi connectivity index (χ4n) is 3.67. The second-order valence-electron chi connectivity index (χ2n) is 7.93. The standard InChI is InChI=1S/C23H29N3O5S/c1-18(27)16-25(21-6-4-3-5-7-21)17-23(29)24-12-14-26(15-13-24)32(30,31)22-10-8-20(9-11-22)19(2)28/h3-11,18,27H,12-17H2,1-2H3. The van der Waals surface area contributed by atoms with Gasteiger partial charge in [0.25, 0.3) is 0 Å². The van der Waals surface area contributed by atoms with Crippen molar-refractivity contribution in [3.05, 3.63) is 60.2 Å². The summed E-state index contributed by atoms with van der Waals surface area (Å²) in [5.41, 5.74) is 1.30. The van der Waals surface area contributed by atoms with Gasteiger partial charge in [0, 0.05) is 44.0 Å². The zero-order chi connectivity index (χ0) is 23.3. The maximum Gasteiger partial charge on any atom is 0.243 e. The van der Waals surface area contributed by atoms with E-state index in [1.54, 1.807) is 11.8 Å². The number of rotatable bonds is 8. The normalized spacial score (nSPS) is 15.9. The summed E-state index contributed by atoms with van der Waals surface area (Å²) in [6.07, 6.45) is -0.598. The van der Waals surface area contributed by atoms with Crippen LogP contribution in [0, 0.1) is 0 Å². The molecule has 0 saturated carbocycles. The van der Waals surface area contributed by atoms with Gasteiger partial charge in [-0.15, -0.1) is 0 Å². The predicted molar refractivity (Wildman–Crippen MR) is 122 cm³/mol. The number of piperazine rings is 1. The molecule has 8 nitrogen and oxygen atoms in total. The summed E-state index contributed by atoms with van der Waals surface area (Å²) in [5, 5.41) is 9.83. The highest BCUT2D eigenvalue weighted by Gasteiger charge is 2.30. The minimum atomic E-state index is -3.69. The van der Waals surface area contributed by atoms with Crippen LogP contribution in [-0.2, 0) is 14.8 Å². The fourth-order valence-corrected chi connectivity index (χ4v) is 5.09. The van der Waals surface area contributed by atoms with Gasteiger partial charge in [-0.2, -0.15) is 4.31 Å². The van der Waals surface area contributed by atoms with Crippen molar-refractivity contribution in [2.45, 2.75) is 24.8 Å². The first-order valence-corrected chi connectivity index (χ1v) is 12.0. The van der Waals surface area contributed by atoms with Crippen LogP contribution in [0.1, 0.15) is 24.2 Å². The zero-order valence-corrected chi connectivity index (χ0v) is 19.2. The van der Waals surface area contributed by atoms with Crippen molar-refractivity contribution in [1.82, 2.24) is 9.21 Å². The van der Waals surface area contributed by atoms with Gasteiger partial charge < -0.3 is 14.9 Å². The Balaban J connectivity index is 1.62. The molecule has 1 unspecified atom stereocenters. The first-order chi connectivity index (χ1) is 15.2. The SMILES string of the molecule is CC(=O)c1ccc(S(=O)(=O)N2CCN(C(=O)CN(CC(C)O)c3ccccc3)CC2)cc1. The van der Waals surface area contributed by atoms with E-state index in [0.717, 1.165) is 5.69 Å². The molecule has 172 valence electrons. The van der Waals surface area contributed by atoms with Crippen LogP contribution in [0.5, 0.6) is 0 Å². The average molecular weight is 460 g/mol. The highest BCUT2D eigenvalue weighted by molar-refractivity contribution is 7.89. The number of para-hydroxylation sites is 1. The summed E-state index contributed by atoms with van der Waals surface area (Å²) in [5.74, 6) is -0.237. The second kappa shape index (κ2) is 10.2. The smallest absolute Gasteiger partial charge is 0.243 e. The van der Waals surface area contributed by atoms with Gasteiger partial charge in [0.1, 0.15) is 0 Å². The number of ketones is 1. The number of aliphatic hydroxyl groups is 1. The Morgan fingerprint density at radius 3 is 2.12 bits per heavy atom. The number of amides is 1. The predicted octanol–water partition coefficient (Wildman–Crippen LogP) is 1.61. The lowest BCUT2D eigenvalue weighted by molar-refractivity contribution is -0.130. The Kier molecular flexibility index (Phi) is 7.65. The quantitative estimate of drug-likeness (QED) is 0.603. The molecular weight excluding hydrogens is 430 g/mol. The molecule has 0 radical (unpaired) electrons. The monoisotopic (exact) mass is 459 g/mol. The Bertz CT molecular complexity index is 1030. The summed E-state index contributed by atoms with van der Waals surface area (Å²) in [4.78, 5) is 27.9. The van der Waals surface area contributed by atoms with Crippen molar-refractivity contribution in [3.63, 3.8) is 0 Å². The first kappa shape index (κ1) is 23.9. The number of sulfonamides is 1. The number of Topliss-reactive ketones (excluding diaryl/α,β-unsaturated/α-hetero) is 1. The van der Waals surface area contributed by atoms with Gasteiger partial charge in [0.15, 0.2) is 5.78 Å². The Morgan fingerprint density at radius 1 is 1.00 bits per heavy atom. The van der Waals surface area contributed by atoms with Gasteiger partial charge >= 0.3 is 0 Å². The summed E-state index contributed by atoms with van der Waals surface area (Å²) in [7, 11) is -3.69. The number of carbonyl (C=O) groups is 2. The third-order valence-corrected chi connectivity index (χ3v) is 7.33. The molecular formula is C23H29N3O5S. The lowest BCUT2D eigenvalue weighted by atomic mass is 10.2. The maximum atomic E-state index is 12.9. The molecule has 1 heterocycles. The van der Waals surface area contributed by atoms with E-state index >= 15 is 0 Å². The number of anilines is 1. The molecule has 9 heteroatoms. The van der Waals surface area contributed by atoms with E-state index in [0.29, 0.717) is 25.2 Å². The molecule has 0 spiro atoms. The van der Waals surface area contributed by atoms with E-state index in [1.165, 1.54) is 35.5 Å². The largest absolute Gasteiger partial charge is 0.392 e. The van der Waals surface area contributed by atoms with Gasteiger partial charge in [0.2, 0.25) is 15.9 Å². The maximum absolute atomic E-state index is 12.9. The van der Waals surface area contributed by atoms with Crippen LogP contribution >= 0.6 is 0 Å². The van der Waals surface area contributed by atoms with Gasteiger partial charge in [0.05, 0.1) is 17.5 Å². The molecule has 1 saturated heterocycles. The number of benzene rings is 2. The second-order valence-corrected chi connectivity index (χ2v) is 9.87. The molecule has 1 fully saturated rings. The highest BCUT2D eigenvalue weighted by Crippen LogP contribution is 2.19. The molecule has 1 N–H and O–H groups in total. The number of hydrogen-bond donors (Lipinski definition) is 1. The number of hydrogen-bond acceptors (Lipinski definition) is 6. The van der Waals surface area contributed by atoms with Crippen LogP contribution in [0.4, 0.5) is 5.69 Å². The Hall–Kier alpha value is -2.75. The summed E-state index contributed by atoms with van der Waals surface area (Å²) >= 11 is 0. The number of carbonyl (C=O) groups excluding carboxylic acids is 2. The van der Waals surface area contributed by atoms with Crippen molar-refractivity contribution in [2.75, 3.05) is 44.2 Å². The Morgan fingerprint density at radius 2 is 1.59 bits per heavy atom. The molecule has 0 aliphatic carbocycles. The summed E-state index contributed by atoms with van der Waals surface area (Å²) in [6, 6.07) is 15.3. The van der Waals surface area contributed by atoms with Crippen LogP contribution in [0.3, 0.4) is 0 Å². The van der Waals surface area contributed by atoms with Gasteiger partial charge in [-0.05, 0) is 38.1 Å². The van der Waals surface area contributed by atoms with Crippen LogP contribution in [0.25, 0.3) is 0 Å². The van der Waals surface area contributed by atoms with Crippen molar-refractivity contribution in [2.24, 2.45) is 0 Å². The van der Waals surface area contributed by atoms with E-state index in [4.69, 9.17) is 0 Å². The van der Waals surface area contributed by atoms with E-state index in [1.807, 2.05) is 35.2 Å². The van der Waals surface area contributed by atoms with E-state index in [2.05, 4.69) is 0 Å². The van der Waals surface area contributed by atoms with E-state index < -0.39 is 16.1 Å². The van der Waals surface area contributed by atoms with Crippen LogP contribution in [0.15, 0.2) is 59.5 Å². The van der Waals surface area contributed by atoms with Gasteiger partial charge in [-0.1, -0.05) is 30.3 Å². The minimum Gasteiger partial charge on any atom is -0.392 e. The zero-order valence-electron chi connectivity index (χ0n) is 18.3. The number of nitrogens with zero attached hydrogens (tertiary/aromatic N) is 3. The molecule has 1 aliphatic rings. The number of aliphatic hydroxyl groups excluding tert-OH is 1. The van der Waals surface area contributed by atoms with Crippen molar-refractivity contribution in [1.29, 1.82) is 0 Å². The topological polar surface area (TPSA) is 98.2 Å². The van der Waals surface area contributed by atoms with Crippen LogP contribution < -0.4 is 4.90 Å². The van der Waals surface area contributed by atoms with Gasteiger partial charge in [-0.25, -0.2) is 8.42 Å². The highest BCUT2D eigenvalue weighted by atomic mass is 32.2. The molecule has 0 aromatic heterocycles. The third-order valence-electron chi connectivity index (χ3n) is 5.42. The average Bonchev–Trinajstić information content (AvgIpc) is 2.79. The molecule has 1 amide bonds. The van der Waals surface area contributed by atoms with E-state index in [9.17, 15) is 23.1 Å². The molecule has 2 aromatic carbocycles. The van der Waals surface area contributed by atoms with E-state index in [-0.39, 0.29) is 36.2 Å². The molecule has 0 bridgehead atoms. The first-order valence-electron chi connectivity index (χ1n) is 10.6. The van der Waals surface area contributed by atoms with Crippen molar-refractivity contribution < 1.29 is 23.1 Å². The lowest BCUT2D eigenvalue weighted by Crippen LogP contribution is -2.53. The third kappa shape index (κ3) is 5.73. The van der Waals surface area contributed by atoms with Crippen molar-refractivity contribution >= 4 is 27.4 Å². The summed E-state index contributed by atoms with van der Waals surface area (Å²) in [6.45, 7) is 4.51. The lowest BCUT2D eigenvalue weighted by Gasteiger charge is -2.35. The molecule has 32 heavy (non-hydrogen) atoms. The minimum absolute atomic E-state index is 0.105.